The highest BCUT2D eigenvalue weighted by molar-refractivity contribution is 5.87. The van der Waals surface area contributed by atoms with Crippen LogP contribution in [-0.4, -0.2) is 50.8 Å². The number of aromatic carboxylic acids is 1. The molecule has 0 fully saturated rings. The van der Waals surface area contributed by atoms with E-state index in [0.717, 1.165) is 12.8 Å². The topological polar surface area (TPSA) is 82.8 Å². The van der Waals surface area contributed by atoms with Crippen LogP contribution in [0.5, 0.6) is 0 Å². The largest absolute Gasteiger partial charge is 0.477 e. The van der Waals surface area contributed by atoms with Crippen LogP contribution in [0.2, 0.25) is 0 Å². The average molecular weight is 282 g/mol. The van der Waals surface area contributed by atoms with Crippen LogP contribution in [-0.2, 0) is 11.3 Å². The molecule has 1 aromatic rings. The van der Waals surface area contributed by atoms with Crippen molar-refractivity contribution in [1.82, 2.24) is 9.47 Å². The summed E-state index contributed by atoms with van der Waals surface area (Å²) in [6.07, 6.45) is 3.19. The Morgan fingerprint density at radius 2 is 2.00 bits per heavy atom. The van der Waals surface area contributed by atoms with Gasteiger partial charge >= 0.3 is 5.97 Å². The van der Waals surface area contributed by atoms with Crippen molar-refractivity contribution in [2.75, 3.05) is 13.2 Å². The molecule has 1 aromatic heterocycles. The second-order valence-electron chi connectivity index (χ2n) is 4.61. The number of rotatable bonds is 8. The van der Waals surface area contributed by atoms with Crippen LogP contribution in [0.4, 0.5) is 0 Å². The van der Waals surface area contributed by atoms with E-state index in [4.69, 9.17) is 10.2 Å². The molecule has 0 unspecified atom stereocenters. The third kappa shape index (κ3) is 3.84. The molecular weight excluding hydrogens is 260 g/mol. The number of carbonyl (C=O) groups excluding carboxylic acids is 1. The van der Waals surface area contributed by atoms with E-state index in [1.54, 1.807) is 17.2 Å². The van der Waals surface area contributed by atoms with Gasteiger partial charge in [0.1, 0.15) is 12.2 Å². The molecular formula is C14H22N2O4. The van der Waals surface area contributed by atoms with E-state index in [2.05, 4.69) is 0 Å². The molecule has 2 N–H and O–H groups in total. The van der Waals surface area contributed by atoms with E-state index in [-0.39, 0.29) is 37.3 Å². The number of aliphatic hydroxyl groups excluding tert-OH is 1. The van der Waals surface area contributed by atoms with Crippen molar-refractivity contribution in [3.63, 3.8) is 0 Å². The summed E-state index contributed by atoms with van der Waals surface area (Å²) in [6.45, 7) is 4.13. The van der Waals surface area contributed by atoms with Crippen molar-refractivity contribution < 1.29 is 19.8 Å². The van der Waals surface area contributed by atoms with Gasteiger partial charge < -0.3 is 19.7 Å². The molecule has 0 aliphatic heterocycles. The molecule has 0 spiro atoms. The number of hydrogen-bond donors (Lipinski definition) is 2. The summed E-state index contributed by atoms with van der Waals surface area (Å²) in [7, 11) is 0. The minimum absolute atomic E-state index is 0.0227. The molecule has 1 amide bonds. The molecule has 6 heteroatoms. The molecule has 0 atom stereocenters. The maximum Gasteiger partial charge on any atom is 0.352 e. The van der Waals surface area contributed by atoms with Crippen molar-refractivity contribution in [3.05, 3.63) is 24.0 Å². The number of carboxylic acid groups (broad SMARTS) is 1. The van der Waals surface area contributed by atoms with Gasteiger partial charge in [-0.1, -0.05) is 13.8 Å². The van der Waals surface area contributed by atoms with Gasteiger partial charge in [0.25, 0.3) is 0 Å². The van der Waals surface area contributed by atoms with Gasteiger partial charge in [0, 0.05) is 18.8 Å². The SMILES string of the molecule is CCC(CC)N(CCO)C(=O)Cn1cccc1C(=O)O. The van der Waals surface area contributed by atoms with Gasteiger partial charge in [0.2, 0.25) is 5.91 Å². The fraction of sp³-hybridized carbons (Fsp3) is 0.571. The van der Waals surface area contributed by atoms with E-state index < -0.39 is 5.97 Å². The van der Waals surface area contributed by atoms with E-state index in [9.17, 15) is 9.59 Å². The van der Waals surface area contributed by atoms with Gasteiger partial charge in [0.15, 0.2) is 0 Å². The van der Waals surface area contributed by atoms with Gasteiger partial charge in [-0.15, -0.1) is 0 Å². The Hall–Kier alpha value is -1.82. The van der Waals surface area contributed by atoms with E-state index in [0.29, 0.717) is 0 Å². The Balaban J connectivity index is 2.85. The number of amides is 1. The van der Waals surface area contributed by atoms with Crippen LogP contribution in [0.25, 0.3) is 0 Å². The fourth-order valence-corrected chi connectivity index (χ4v) is 2.33. The van der Waals surface area contributed by atoms with E-state index in [1.165, 1.54) is 10.6 Å². The number of carboxylic acids is 1. The zero-order valence-corrected chi connectivity index (χ0v) is 12.0. The zero-order valence-electron chi connectivity index (χ0n) is 12.0. The van der Waals surface area contributed by atoms with Crippen LogP contribution >= 0.6 is 0 Å². The summed E-state index contributed by atoms with van der Waals surface area (Å²) in [5.41, 5.74) is 0.0897. The molecule has 0 bridgehead atoms. The Bertz CT molecular complexity index is 452. The molecule has 0 saturated carbocycles. The predicted molar refractivity (Wildman–Crippen MR) is 74.6 cm³/mol. The van der Waals surface area contributed by atoms with E-state index >= 15 is 0 Å². The summed E-state index contributed by atoms with van der Waals surface area (Å²) in [5, 5.41) is 18.1. The van der Waals surface area contributed by atoms with Crippen LogP contribution in [0, 0.1) is 0 Å². The Labute approximate surface area is 118 Å². The van der Waals surface area contributed by atoms with Crippen LogP contribution in [0.3, 0.4) is 0 Å². The first-order valence-corrected chi connectivity index (χ1v) is 6.83. The first kappa shape index (κ1) is 16.2. The van der Waals surface area contributed by atoms with E-state index in [1.807, 2.05) is 13.8 Å². The molecule has 0 aliphatic rings. The maximum absolute atomic E-state index is 12.3. The molecule has 6 nitrogen and oxygen atoms in total. The fourth-order valence-electron chi connectivity index (χ4n) is 2.33. The summed E-state index contributed by atoms with van der Waals surface area (Å²) in [4.78, 5) is 25.0. The molecule has 0 aromatic carbocycles. The third-order valence-corrected chi connectivity index (χ3v) is 3.40. The van der Waals surface area contributed by atoms with Crippen molar-refractivity contribution in [2.24, 2.45) is 0 Å². The molecule has 0 radical (unpaired) electrons. The predicted octanol–water partition coefficient (Wildman–Crippen LogP) is 1.20. The second kappa shape index (κ2) is 7.69. The van der Waals surface area contributed by atoms with Gasteiger partial charge in [0.05, 0.1) is 6.61 Å². The van der Waals surface area contributed by atoms with Crippen LogP contribution in [0.15, 0.2) is 18.3 Å². The van der Waals surface area contributed by atoms with Crippen molar-refractivity contribution in [1.29, 1.82) is 0 Å². The first-order valence-electron chi connectivity index (χ1n) is 6.83. The molecule has 1 heterocycles. The van der Waals surface area contributed by atoms with Crippen molar-refractivity contribution >= 4 is 11.9 Å². The van der Waals surface area contributed by atoms with Crippen LogP contribution in [0.1, 0.15) is 37.2 Å². The molecule has 20 heavy (non-hydrogen) atoms. The van der Waals surface area contributed by atoms with Crippen LogP contribution < -0.4 is 0 Å². The quantitative estimate of drug-likeness (QED) is 0.750. The number of nitrogens with zero attached hydrogens (tertiary/aromatic N) is 2. The van der Waals surface area contributed by atoms with Gasteiger partial charge in [-0.05, 0) is 25.0 Å². The molecule has 112 valence electrons. The number of aromatic nitrogens is 1. The molecule has 0 saturated heterocycles. The summed E-state index contributed by atoms with van der Waals surface area (Å²) in [5.74, 6) is -1.23. The number of hydrogen-bond acceptors (Lipinski definition) is 3. The summed E-state index contributed by atoms with van der Waals surface area (Å²) in [6, 6.07) is 3.13. The van der Waals surface area contributed by atoms with Crippen molar-refractivity contribution in [3.8, 4) is 0 Å². The minimum atomic E-state index is -1.06. The average Bonchev–Trinajstić information content (AvgIpc) is 2.87. The molecule has 1 rings (SSSR count). The lowest BCUT2D eigenvalue weighted by molar-refractivity contribution is -0.135. The zero-order chi connectivity index (χ0) is 15.1. The summed E-state index contributed by atoms with van der Waals surface area (Å²) >= 11 is 0. The second-order valence-corrected chi connectivity index (χ2v) is 4.61. The third-order valence-electron chi connectivity index (χ3n) is 3.40. The van der Waals surface area contributed by atoms with Gasteiger partial charge in [-0.2, -0.15) is 0 Å². The highest BCUT2D eigenvalue weighted by Crippen LogP contribution is 2.11. The first-order chi connectivity index (χ1) is 9.54. The minimum Gasteiger partial charge on any atom is -0.477 e. The highest BCUT2D eigenvalue weighted by Gasteiger charge is 2.22. The Morgan fingerprint density at radius 1 is 1.35 bits per heavy atom. The van der Waals surface area contributed by atoms with Gasteiger partial charge in [-0.3, -0.25) is 4.79 Å². The lowest BCUT2D eigenvalue weighted by Crippen LogP contribution is -2.43. The highest BCUT2D eigenvalue weighted by atomic mass is 16.4. The Morgan fingerprint density at radius 3 is 2.50 bits per heavy atom. The monoisotopic (exact) mass is 282 g/mol. The number of aliphatic hydroxyl groups is 1. The smallest absolute Gasteiger partial charge is 0.352 e. The van der Waals surface area contributed by atoms with Crippen molar-refractivity contribution in [2.45, 2.75) is 39.3 Å². The van der Waals surface area contributed by atoms with Gasteiger partial charge in [-0.25, -0.2) is 4.79 Å². The maximum atomic E-state index is 12.3. The number of carbonyl (C=O) groups is 2. The lowest BCUT2D eigenvalue weighted by Gasteiger charge is -2.30. The normalized spacial score (nSPS) is 10.8. The molecule has 0 aliphatic carbocycles. The standard InChI is InChI=1S/C14H22N2O4/c1-3-11(4-2)16(8-9-17)13(18)10-15-7-5-6-12(15)14(19)20/h5-7,11,17H,3-4,8-10H2,1-2H3,(H,19,20). The summed E-state index contributed by atoms with van der Waals surface area (Å²) < 4.78 is 1.41. The lowest BCUT2D eigenvalue weighted by atomic mass is 10.1. The Kier molecular flexibility index (Phi) is 6.24.